The fraction of sp³-hybridized carbons (Fsp3) is 0.933. The lowest BCUT2D eigenvalue weighted by molar-refractivity contribution is -0.148. The van der Waals surface area contributed by atoms with Crippen molar-refractivity contribution in [2.24, 2.45) is 5.92 Å². The maximum atomic E-state index is 11.8. The van der Waals surface area contributed by atoms with E-state index in [2.05, 4.69) is 4.90 Å². The average molecular weight is 299 g/mol. The van der Waals surface area contributed by atoms with Gasteiger partial charge in [-0.05, 0) is 44.4 Å². The highest BCUT2D eigenvalue weighted by Crippen LogP contribution is 2.40. The first-order valence-electron chi connectivity index (χ1n) is 7.76. The van der Waals surface area contributed by atoms with Crippen molar-refractivity contribution < 1.29 is 14.3 Å². The van der Waals surface area contributed by atoms with E-state index >= 15 is 0 Å². The van der Waals surface area contributed by atoms with Crippen LogP contribution in [0.1, 0.15) is 32.1 Å². The van der Waals surface area contributed by atoms with Crippen molar-refractivity contribution in [1.82, 2.24) is 4.90 Å². The molecular weight excluding hydrogens is 274 g/mol. The molecule has 0 N–H and O–H groups in total. The minimum Gasteiger partial charge on any atom is -0.469 e. The molecule has 3 rings (SSSR count). The van der Waals surface area contributed by atoms with Crippen molar-refractivity contribution >= 4 is 17.7 Å². The highest BCUT2D eigenvalue weighted by molar-refractivity contribution is 7.99. The zero-order valence-electron chi connectivity index (χ0n) is 12.3. The standard InChI is InChI=1S/C15H25NO3S/c1-18-14(17)12-3-2-6-16(10-12)13-4-7-19-15(9-13)5-8-20-11-15/h12-13H,2-11H2,1H3. The largest absolute Gasteiger partial charge is 0.469 e. The normalized spacial score (nSPS) is 39.0. The number of ether oxygens (including phenoxy) is 2. The molecule has 4 nitrogen and oxygen atoms in total. The molecule has 0 aromatic heterocycles. The Kier molecular flexibility index (Phi) is 4.58. The van der Waals surface area contributed by atoms with E-state index in [0.717, 1.165) is 51.1 Å². The van der Waals surface area contributed by atoms with E-state index in [4.69, 9.17) is 9.47 Å². The molecule has 0 amide bonds. The number of esters is 1. The molecule has 0 aliphatic carbocycles. The Bertz CT molecular complexity index is 357. The Morgan fingerprint density at radius 1 is 1.45 bits per heavy atom. The summed E-state index contributed by atoms with van der Waals surface area (Å²) >= 11 is 2.02. The van der Waals surface area contributed by atoms with Gasteiger partial charge >= 0.3 is 5.97 Å². The number of rotatable bonds is 2. The number of carbonyl (C=O) groups is 1. The van der Waals surface area contributed by atoms with Crippen molar-refractivity contribution in [1.29, 1.82) is 0 Å². The zero-order chi connectivity index (χ0) is 14.0. The van der Waals surface area contributed by atoms with Crippen LogP contribution in [0.15, 0.2) is 0 Å². The van der Waals surface area contributed by atoms with Crippen LogP contribution in [0.25, 0.3) is 0 Å². The number of likely N-dealkylation sites (tertiary alicyclic amines) is 1. The van der Waals surface area contributed by atoms with Crippen molar-refractivity contribution in [3.05, 3.63) is 0 Å². The van der Waals surface area contributed by atoms with Gasteiger partial charge in [0.2, 0.25) is 0 Å². The average Bonchev–Trinajstić information content (AvgIpc) is 2.94. The van der Waals surface area contributed by atoms with Crippen LogP contribution in [0.5, 0.6) is 0 Å². The summed E-state index contributed by atoms with van der Waals surface area (Å²) in [7, 11) is 1.50. The van der Waals surface area contributed by atoms with Crippen molar-refractivity contribution in [2.75, 3.05) is 38.3 Å². The zero-order valence-corrected chi connectivity index (χ0v) is 13.1. The fourth-order valence-corrected chi connectivity index (χ4v) is 5.25. The molecule has 0 aromatic rings. The Morgan fingerprint density at radius 2 is 2.35 bits per heavy atom. The maximum absolute atomic E-state index is 11.8. The molecule has 0 aromatic carbocycles. The lowest BCUT2D eigenvalue weighted by atomic mass is 9.87. The molecule has 0 radical (unpaired) electrons. The fourth-order valence-electron chi connectivity index (χ4n) is 3.87. The second kappa shape index (κ2) is 6.24. The molecule has 3 unspecified atom stereocenters. The second-order valence-corrected chi connectivity index (χ2v) is 7.44. The monoisotopic (exact) mass is 299 g/mol. The van der Waals surface area contributed by atoms with Gasteiger partial charge in [0.15, 0.2) is 0 Å². The molecule has 3 atom stereocenters. The molecule has 20 heavy (non-hydrogen) atoms. The molecule has 3 saturated heterocycles. The highest BCUT2D eigenvalue weighted by atomic mass is 32.2. The molecule has 5 heteroatoms. The summed E-state index contributed by atoms with van der Waals surface area (Å²) in [5.74, 6) is 2.42. The van der Waals surface area contributed by atoms with Gasteiger partial charge in [-0.1, -0.05) is 0 Å². The van der Waals surface area contributed by atoms with Crippen LogP contribution in [-0.4, -0.2) is 60.8 Å². The van der Waals surface area contributed by atoms with Gasteiger partial charge in [-0.3, -0.25) is 9.69 Å². The van der Waals surface area contributed by atoms with Crippen molar-refractivity contribution in [3.8, 4) is 0 Å². The molecular formula is C15H25NO3S. The summed E-state index contributed by atoms with van der Waals surface area (Å²) in [6.07, 6.45) is 5.54. The number of nitrogens with zero attached hydrogens (tertiary/aromatic N) is 1. The minimum atomic E-state index is -0.0344. The van der Waals surface area contributed by atoms with Gasteiger partial charge < -0.3 is 9.47 Å². The van der Waals surface area contributed by atoms with Crippen LogP contribution >= 0.6 is 11.8 Å². The number of hydrogen-bond donors (Lipinski definition) is 0. The van der Waals surface area contributed by atoms with E-state index in [1.807, 2.05) is 11.8 Å². The predicted octanol–water partition coefficient (Wildman–Crippen LogP) is 1.93. The van der Waals surface area contributed by atoms with Crippen molar-refractivity contribution in [2.45, 2.75) is 43.7 Å². The topological polar surface area (TPSA) is 38.8 Å². The van der Waals surface area contributed by atoms with Crippen LogP contribution in [-0.2, 0) is 14.3 Å². The number of methoxy groups -OCH3 is 1. The van der Waals surface area contributed by atoms with E-state index in [9.17, 15) is 4.79 Å². The summed E-state index contributed by atoms with van der Waals surface area (Å²) in [6, 6.07) is 0.593. The van der Waals surface area contributed by atoms with Gasteiger partial charge in [-0.25, -0.2) is 0 Å². The molecule has 3 aliphatic heterocycles. The molecule has 114 valence electrons. The summed E-state index contributed by atoms with van der Waals surface area (Å²) < 4.78 is 11.0. The first-order chi connectivity index (χ1) is 9.72. The number of carbonyl (C=O) groups excluding carboxylic acids is 1. The SMILES string of the molecule is COC(=O)C1CCCN(C2CCOC3(CCSC3)C2)C1. The predicted molar refractivity (Wildman–Crippen MR) is 80.0 cm³/mol. The first kappa shape index (κ1) is 14.7. The van der Waals surface area contributed by atoms with Gasteiger partial charge in [0, 0.05) is 24.9 Å². The molecule has 3 heterocycles. The van der Waals surface area contributed by atoms with E-state index in [1.54, 1.807) is 0 Å². The quantitative estimate of drug-likeness (QED) is 0.729. The van der Waals surface area contributed by atoms with E-state index < -0.39 is 0 Å². The summed E-state index contributed by atoms with van der Waals surface area (Å²) in [4.78, 5) is 14.3. The van der Waals surface area contributed by atoms with Crippen LogP contribution in [0.4, 0.5) is 0 Å². The van der Waals surface area contributed by atoms with E-state index in [0.29, 0.717) is 6.04 Å². The van der Waals surface area contributed by atoms with Crippen LogP contribution in [0, 0.1) is 5.92 Å². The molecule has 0 bridgehead atoms. The van der Waals surface area contributed by atoms with Gasteiger partial charge in [-0.15, -0.1) is 0 Å². The number of hydrogen-bond acceptors (Lipinski definition) is 5. The molecule has 3 aliphatic rings. The molecule has 3 fully saturated rings. The van der Waals surface area contributed by atoms with E-state index in [1.165, 1.54) is 19.3 Å². The second-order valence-electron chi connectivity index (χ2n) is 6.34. The lowest BCUT2D eigenvalue weighted by Gasteiger charge is -2.44. The summed E-state index contributed by atoms with van der Waals surface area (Å²) in [5, 5.41) is 0. The van der Waals surface area contributed by atoms with Crippen molar-refractivity contribution in [3.63, 3.8) is 0 Å². The number of piperidine rings is 1. The molecule has 0 saturated carbocycles. The summed E-state index contributed by atoms with van der Waals surface area (Å²) in [5.41, 5.74) is 0.131. The Balaban J connectivity index is 1.61. The van der Waals surface area contributed by atoms with E-state index in [-0.39, 0.29) is 17.5 Å². The van der Waals surface area contributed by atoms with Crippen LogP contribution in [0.3, 0.4) is 0 Å². The minimum absolute atomic E-state index is 0.0344. The number of thioether (sulfide) groups is 1. The Morgan fingerprint density at radius 3 is 3.10 bits per heavy atom. The third-order valence-electron chi connectivity index (χ3n) is 5.04. The third kappa shape index (κ3) is 3.00. The van der Waals surface area contributed by atoms with Crippen LogP contribution < -0.4 is 0 Å². The summed E-state index contributed by atoms with van der Waals surface area (Å²) in [6.45, 7) is 2.88. The highest BCUT2D eigenvalue weighted by Gasteiger charge is 2.43. The van der Waals surface area contributed by atoms with Crippen LogP contribution in [0.2, 0.25) is 0 Å². The van der Waals surface area contributed by atoms with Gasteiger partial charge in [0.05, 0.1) is 18.6 Å². The van der Waals surface area contributed by atoms with Gasteiger partial charge in [0.25, 0.3) is 0 Å². The maximum Gasteiger partial charge on any atom is 0.309 e. The lowest BCUT2D eigenvalue weighted by Crippen LogP contribution is -2.52. The Labute approximate surface area is 125 Å². The third-order valence-corrected chi connectivity index (χ3v) is 6.26. The molecule has 1 spiro atoms. The first-order valence-corrected chi connectivity index (χ1v) is 8.91. The van der Waals surface area contributed by atoms with Gasteiger partial charge in [-0.2, -0.15) is 11.8 Å². The smallest absolute Gasteiger partial charge is 0.309 e. The van der Waals surface area contributed by atoms with Gasteiger partial charge in [0.1, 0.15) is 0 Å². The Hall–Kier alpha value is -0.260.